The number of aromatic nitrogens is 2. The number of aliphatic hydroxyl groups excluding tert-OH is 1. The van der Waals surface area contributed by atoms with Gasteiger partial charge in [-0.25, -0.2) is 0 Å². The van der Waals surface area contributed by atoms with Crippen LogP contribution in [0.4, 0.5) is 11.5 Å². The molecule has 2 unspecified atom stereocenters. The van der Waals surface area contributed by atoms with E-state index in [1.165, 1.54) is 6.20 Å². The Morgan fingerprint density at radius 2 is 2.37 bits per heavy atom. The van der Waals surface area contributed by atoms with Crippen LogP contribution in [0.25, 0.3) is 0 Å². The van der Waals surface area contributed by atoms with Crippen molar-refractivity contribution in [2.75, 3.05) is 18.5 Å². The second kappa shape index (κ2) is 8.27. The van der Waals surface area contributed by atoms with Gasteiger partial charge >= 0.3 is 0 Å². The fourth-order valence-corrected chi connectivity index (χ4v) is 3.53. The van der Waals surface area contributed by atoms with Crippen LogP contribution < -0.4 is 11.1 Å². The number of carbonyl (C=O) groups is 1. The van der Waals surface area contributed by atoms with Gasteiger partial charge in [-0.1, -0.05) is 11.6 Å². The van der Waals surface area contributed by atoms with Crippen molar-refractivity contribution in [2.24, 2.45) is 11.7 Å². The van der Waals surface area contributed by atoms with Crippen LogP contribution in [0.15, 0.2) is 22.8 Å². The summed E-state index contributed by atoms with van der Waals surface area (Å²) in [5, 5.41) is 26.6. The van der Waals surface area contributed by atoms with Gasteiger partial charge in [-0.3, -0.25) is 9.48 Å². The van der Waals surface area contributed by atoms with E-state index < -0.39 is 5.91 Å². The Kier molecular flexibility index (Phi) is 6.01. The van der Waals surface area contributed by atoms with Gasteiger partial charge in [-0.05, 0) is 40.0 Å². The molecule has 0 bridgehead atoms. The molecular formula is C17H17BrClN5O3. The normalized spacial score (nSPS) is 19.5. The molecule has 1 aliphatic rings. The summed E-state index contributed by atoms with van der Waals surface area (Å²) in [5.41, 5.74) is 6.79. The van der Waals surface area contributed by atoms with Crippen LogP contribution in [-0.4, -0.2) is 34.0 Å². The van der Waals surface area contributed by atoms with Crippen LogP contribution in [0.5, 0.6) is 0 Å². The van der Waals surface area contributed by atoms with E-state index in [4.69, 9.17) is 22.1 Å². The van der Waals surface area contributed by atoms with E-state index in [2.05, 4.69) is 32.4 Å². The standard InChI is InChI=1S/C17H17BrClN5O3/c18-15-10(7-25)3-11(4-13(15)19)22-17-12(16(21)26)6-24(23-17)14-8-27-2-1-9(14)5-20/h3-4,6,9,14,25H,1-2,7-8H2,(H2,21,26)(H,22,23). The predicted octanol–water partition coefficient (Wildman–Crippen LogP) is 2.73. The molecular weight excluding hydrogens is 438 g/mol. The minimum absolute atomic E-state index is 0.182. The Morgan fingerprint density at radius 1 is 1.59 bits per heavy atom. The summed E-state index contributed by atoms with van der Waals surface area (Å²) in [6.45, 7) is 0.637. The van der Waals surface area contributed by atoms with E-state index in [9.17, 15) is 15.2 Å². The fraction of sp³-hybridized carbons (Fsp3) is 0.353. The van der Waals surface area contributed by atoms with Gasteiger partial charge in [0, 0.05) is 23.0 Å². The lowest BCUT2D eigenvalue weighted by Crippen LogP contribution is -2.29. The highest BCUT2D eigenvalue weighted by Gasteiger charge is 2.29. The maximum Gasteiger partial charge on any atom is 0.254 e. The van der Waals surface area contributed by atoms with E-state index in [0.29, 0.717) is 40.4 Å². The monoisotopic (exact) mass is 453 g/mol. The van der Waals surface area contributed by atoms with Crippen molar-refractivity contribution < 1.29 is 14.6 Å². The van der Waals surface area contributed by atoms with Gasteiger partial charge in [0.1, 0.15) is 5.56 Å². The number of ether oxygens (including phenoxy) is 1. The smallest absolute Gasteiger partial charge is 0.254 e. The number of primary amides is 1. The second-order valence-corrected chi connectivity index (χ2v) is 7.32. The van der Waals surface area contributed by atoms with Crippen LogP contribution >= 0.6 is 27.5 Å². The van der Waals surface area contributed by atoms with E-state index >= 15 is 0 Å². The molecule has 0 aliphatic carbocycles. The molecule has 1 aromatic carbocycles. The van der Waals surface area contributed by atoms with Crippen LogP contribution in [0.2, 0.25) is 5.02 Å². The van der Waals surface area contributed by atoms with Crippen molar-refractivity contribution in [2.45, 2.75) is 19.1 Å². The van der Waals surface area contributed by atoms with Gasteiger partial charge in [-0.2, -0.15) is 10.4 Å². The molecule has 27 heavy (non-hydrogen) atoms. The van der Waals surface area contributed by atoms with E-state index in [0.717, 1.165) is 0 Å². The lowest BCUT2D eigenvalue weighted by Gasteiger charge is -2.26. The number of nitrogens with zero attached hydrogens (tertiary/aromatic N) is 3. The van der Waals surface area contributed by atoms with Crippen molar-refractivity contribution >= 4 is 44.9 Å². The number of aliphatic hydroxyl groups is 1. The van der Waals surface area contributed by atoms with E-state index in [1.807, 2.05) is 0 Å². The summed E-state index contributed by atoms with van der Waals surface area (Å²) in [6.07, 6.45) is 2.11. The van der Waals surface area contributed by atoms with Gasteiger partial charge in [-0.15, -0.1) is 0 Å². The van der Waals surface area contributed by atoms with Gasteiger partial charge in [0.15, 0.2) is 5.82 Å². The van der Waals surface area contributed by atoms with Crippen LogP contribution in [0.3, 0.4) is 0 Å². The zero-order valence-electron chi connectivity index (χ0n) is 14.2. The maximum absolute atomic E-state index is 11.9. The van der Waals surface area contributed by atoms with Gasteiger partial charge < -0.3 is 20.9 Å². The summed E-state index contributed by atoms with van der Waals surface area (Å²) in [5.74, 6) is -0.679. The Bertz CT molecular complexity index is 911. The number of amides is 1. The highest BCUT2D eigenvalue weighted by molar-refractivity contribution is 9.10. The highest BCUT2D eigenvalue weighted by atomic mass is 79.9. The molecule has 1 fully saturated rings. The zero-order chi connectivity index (χ0) is 19.6. The van der Waals surface area contributed by atoms with Crippen molar-refractivity contribution in [3.8, 4) is 6.07 Å². The third-order valence-electron chi connectivity index (χ3n) is 4.37. The van der Waals surface area contributed by atoms with Crippen molar-refractivity contribution in [1.29, 1.82) is 5.26 Å². The molecule has 0 radical (unpaired) electrons. The lowest BCUT2D eigenvalue weighted by atomic mass is 9.97. The first-order valence-corrected chi connectivity index (χ1v) is 9.33. The molecule has 4 N–H and O–H groups in total. The summed E-state index contributed by atoms with van der Waals surface area (Å²) in [4.78, 5) is 11.9. The number of carbonyl (C=O) groups excluding carboxylic acids is 1. The molecule has 2 atom stereocenters. The first-order chi connectivity index (χ1) is 12.9. The Hall–Kier alpha value is -2.12. The number of rotatable bonds is 5. The third-order valence-corrected chi connectivity index (χ3v) is 5.83. The minimum atomic E-state index is -0.653. The topological polar surface area (TPSA) is 126 Å². The molecule has 1 saturated heterocycles. The molecule has 142 valence electrons. The van der Waals surface area contributed by atoms with Crippen molar-refractivity contribution in [3.63, 3.8) is 0 Å². The number of benzene rings is 1. The van der Waals surface area contributed by atoms with Gasteiger partial charge in [0.25, 0.3) is 5.91 Å². The SMILES string of the molecule is N#CC1CCOCC1n1cc(C(N)=O)c(Nc2cc(Cl)c(Br)c(CO)c2)n1. The first-order valence-electron chi connectivity index (χ1n) is 8.16. The number of nitriles is 1. The molecule has 2 heterocycles. The number of anilines is 2. The average molecular weight is 455 g/mol. The number of halogens is 2. The molecule has 0 saturated carbocycles. The highest BCUT2D eigenvalue weighted by Crippen LogP contribution is 2.33. The van der Waals surface area contributed by atoms with E-state index in [1.54, 1.807) is 16.8 Å². The largest absolute Gasteiger partial charge is 0.392 e. The van der Waals surface area contributed by atoms with Crippen LogP contribution in [0, 0.1) is 17.2 Å². The maximum atomic E-state index is 11.9. The van der Waals surface area contributed by atoms with Crippen LogP contribution in [-0.2, 0) is 11.3 Å². The number of nitrogens with two attached hydrogens (primary N) is 1. The molecule has 1 aliphatic heterocycles. The fourth-order valence-electron chi connectivity index (χ4n) is 2.94. The molecule has 0 spiro atoms. The summed E-state index contributed by atoms with van der Waals surface area (Å²) in [7, 11) is 0. The molecule has 1 amide bonds. The van der Waals surface area contributed by atoms with Gasteiger partial charge in [0.2, 0.25) is 0 Å². The van der Waals surface area contributed by atoms with Crippen molar-refractivity contribution in [3.05, 3.63) is 39.0 Å². The summed E-state index contributed by atoms with van der Waals surface area (Å²) >= 11 is 9.47. The number of hydrogen-bond donors (Lipinski definition) is 3. The van der Waals surface area contributed by atoms with E-state index in [-0.39, 0.29) is 29.9 Å². The zero-order valence-corrected chi connectivity index (χ0v) is 16.5. The molecule has 8 nitrogen and oxygen atoms in total. The Labute approximate surface area is 169 Å². The molecule has 3 rings (SSSR count). The van der Waals surface area contributed by atoms with Gasteiger partial charge in [0.05, 0.1) is 36.3 Å². The number of nitrogens with one attached hydrogen (secondary N) is 1. The molecule has 2 aromatic rings. The average Bonchev–Trinajstić information content (AvgIpc) is 3.08. The second-order valence-electron chi connectivity index (χ2n) is 6.12. The Morgan fingerprint density at radius 3 is 3.04 bits per heavy atom. The Balaban J connectivity index is 1.96. The molecule has 1 aromatic heterocycles. The number of hydrogen-bond acceptors (Lipinski definition) is 6. The predicted molar refractivity (Wildman–Crippen MR) is 103 cm³/mol. The summed E-state index contributed by atoms with van der Waals surface area (Å²) in [6, 6.07) is 5.27. The molecule has 10 heteroatoms. The summed E-state index contributed by atoms with van der Waals surface area (Å²) < 4.78 is 7.59. The minimum Gasteiger partial charge on any atom is -0.392 e. The lowest BCUT2D eigenvalue weighted by molar-refractivity contribution is 0.0342. The third kappa shape index (κ3) is 4.09. The van der Waals surface area contributed by atoms with Crippen molar-refractivity contribution in [1.82, 2.24) is 9.78 Å². The first kappa shape index (κ1) is 19.6. The quantitative estimate of drug-likeness (QED) is 0.637. The van der Waals surface area contributed by atoms with Crippen LogP contribution in [0.1, 0.15) is 28.4 Å².